The standard InChI is InChI=1S/C14H14ClF3N2O3/c1-20-10(6-23-7-11(20)21)13(22)19-5-8-3-2-4-9(12(8)15)14(16,17)18/h2-4,10H,5-7H2,1H3,(H,19,22)/t10-/m0/s1. The van der Waals surface area contributed by atoms with E-state index in [1.54, 1.807) is 0 Å². The highest BCUT2D eigenvalue weighted by atomic mass is 35.5. The number of nitrogens with one attached hydrogen (secondary N) is 1. The molecule has 23 heavy (non-hydrogen) atoms. The molecule has 0 bridgehead atoms. The fourth-order valence-electron chi connectivity index (χ4n) is 2.13. The summed E-state index contributed by atoms with van der Waals surface area (Å²) < 4.78 is 43.3. The lowest BCUT2D eigenvalue weighted by Gasteiger charge is -2.31. The third-order valence-electron chi connectivity index (χ3n) is 3.50. The lowest BCUT2D eigenvalue weighted by atomic mass is 10.1. The lowest BCUT2D eigenvalue weighted by Crippen LogP contribution is -2.54. The van der Waals surface area contributed by atoms with Crippen molar-refractivity contribution in [3.8, 4) is 0 Å². The Balaban J connectivity index is 2.06. The number of likely N-dealkylation sites (N-methyl/N-ethyl adjacent to an activating group) is 1. The normalized spacial score (nSPS) is 18.9. The van der Waals surface area contributed by atoms with Gasteiger partial charge in [-0.25, -0.2) is 0 Å². The Morgan fingerprint density at radius 2 is 2.17 bits per heavy atom. The van der Waals surface area contributed by atoms with Crippen molar-refractivity contribution in [2.24, 2.45) is 0 Å². The molecule has 9 heteroatoms. The van der Waals surface area contributed by atoms with Gasteiger partial charge in [-0.05, 0) is 11.6 Å². The van der Waals surface area contributed by atoms with Gasteiger partial charge in [-0.1, -0.05) is 23.7 Å². The van der Waals surface area contributed by atoms with Gasteiger partial charge in [-0.3, -0.25) is 9.59 Å². The molecule has 1 aromatic carbocycles. The number of benzene rings is 1. The van der Waals surface area contributed by atoms with Crippen LogP contribution in [0, 0.1) is 0 Å². The van der Waals surface area contributed by atoms with E-state index in [1.807, 2.05) is 0 Å². The van der Waals surface area contributed by atoms with Crippen LogP contribution in [-0.2, 0) is 27.0 Å². The maximum absolute atomic E-state index is 12.8. The summed E-state index contributed by atoms with van der Waals surface area (Å²) >= 11 is 5.75. The van der Waals surface area contributed by atoms with Gasteiger partial charge in [-0.2, -0.15) is 13.2 Å². The van der Waals surface area contributed by atoms with Gasteiger partial charge in [0.05, 0.1) is 17.2 Å². The van der Waals surface area contributed by atoms with Gasteiger partial charge in [0.25, 0.3) is 0 Å². The van der Waals surface area contributed by atoms with Gasteiger partial charge >= 0.3 is 6.18 Å². The molecule has 0 spiro atoms. The van der Waals surface area contributed by atoms with Gasteiger partial charge < -0.3 is 15.0 Å². The molecule has 1 saturated heterocycles. The molecule has 5 nitrogen and oxygen atoms in total. The zero-order chi connectivity index (χ0) is 17.2. The smallest absolute Gasteiger partial charge is 0.369 e. The Bertz CT molecular complexity index is 622. The van der Waals surface area contributed by atoms with E-state index in [0.29, 0.717) is 0 Å². The summed E-state index contributed by atoms with van der Waals surface area (Å²) in [5.74, 6) is -0.859. The number of amides is 2. The van der Waals surface area contributed by atoms with Crippen LogP contribution in [0.15, 0.2) is 18.2 Å². The molecule has 0 radical (unpaired) electrons. The minimum Gasteiger partial charge on any atom is -0.369 e. The Hall–Kier alpha value is -1.80. The number of carbonyl (C=O) groups excluding carboxylic acids is 2. The number of rotatable bonds is 3. The molecular weight excluding hydrogens is 337 g/mol. The Morgan fingerprint density at radius 1 is 1.48 bits per heavy atom. The van der Waals surface area contributed by atoms with Crippen LogP contribution in [-0.4, -0.2) is 43.0 Å². The third-order valence-corrected chi connectivity index (χ3v) is 3.95. The Kier molecular flexibility index (Phi) is 5.16. The van der Waals surface area contributed by atoms with Crippen molar-refractivity contribution in [1.29, 1.82) is 0 Å². The fraction of sp³-hybridized carbons (Fsp3) is 0.429. The number of morpholine rings is 1. The largest absolute Gasteiger partial charge is 0.417 e. The second-order valence-corrected chi connectivity index (χ2v) is 5.41. The average molecular weight is 351 g/mol. The number of halogens is 4. The average Bonchev–Trinajstić information content (AvgIpc) is 2.47. The minimum atomic E-state index is -4.57. The second-order valence-electron chi connectivity index (χ2n) is 5.03. The summed E-state index contributed by atoms with van der Waals surface area (Å²) in [7, 11) is 1.46. The fourth-order valence-corrected chi connectivity index (χ4v) is 2.43. The van der Waals surface area contributed by atoms with E-state index in [9.17, 15) is 22.8 Å². The molecule has 1 aliphatic heterocycles. The zero-order valence-electron chi connectivity index (χ0n) is 12.1. The van der Waals surface area contributed by atoms with Crippen LogP contribution in [0.5, 0.6) is 0 Å². The summed E-state index contributed by atoms with van der Waals surface area (Å²) in [6, 6.07) is 2.66. The highest BCUT2D eigenvalue weighted by Gasteiger charge is 2.34. The quantitative estimate of drug-likeness (QED) is 0.905. The monoisotopic (exact) mass is 350 g/mol. The van der Waals surface area contributed by atoms with Crippen molar-refractivity contribution in [2.75, 3.05) is 20.3 Å². The first-order chi connectivity index (χ1) is 10.7. The van der Waals surface area contributed by atoms with Gasteiger partial charge in [0.1, 0.15) is 12.6 Å². The molecule has 2 rings (SSSR count). The molecule has 1 heterocycles. The molecular formula is C14H14ClF3N2O3. The first-order valence-electron chi connectivity index (χ1n) is 6.67. The molecule has 0 unspecified atom stereocenters. The van der Waals surface area contributed by atoms with E-state index >= 15 is 0 Å². The van der Waals surface area contributed by atoms with Crippen molar-refractivity contribution in [1.82, 2.24) is 10.2 Å². The van der Waals surface area contributed by atoms with E-state index < -0.39 is 28.7 Å². The lowest BCUT2D eigenvalue weighted by molar-refractivity contribution is -0.152. The van der Waals surface area contributed by atoms with Crippen LogP contribution >= 0.6 is 11.6 Å². The molecule has 1 N–H and O–H groups in total. The van der Waals surface area contributed by atoms with E-state index in [-0.39, 0.29) is 31.2 Å². The van der Waals surface area contributed by atoms with E-state index in [4.69, 9.17) is 16.3 Å². The number of nitrogens with zero attached hydrogens (tertiary/aromatic N) is 1. The number of alkyl halides is 3. The number of ether oxygens (including phenoxy) is 1. The van der Waals surface area contributed by atoms with E-state index in [0.717, 1.165) is 6.07 Å². The highest BCUT2D eigenvalue weighted by molar-refractivity contribution is 6.32. The Morgan fingerprint density at radius 3 is 2.83 bits per heavy atom. The molecule has 0 aliphatic carbocycles. The zero-order valence-corrected chi connectivity index (χ0v) is 12.9. The van der Waals surface area contributed by atoms with Crippen LogP contribution in [0.25, 0.3) is 0 Å². The predicted molar refractivity (Wildman–Crippen MR) is 75.7 cm³/mol. The van der Waals surface area contributed by atoms with Gasteiger partial charge in [0, 0.05) is 13.6 Å². The second kappa shape index (κ2) is 6.76. The maximum Gasteiger partial charge on any atom is 0.417 e. The minimum absolute atomic E-state index is 0.0321. The van der Waals surface area contributed by atoms with Crippen molar-refractivity contribution in [3.63, 3.8) is 0 Å². The Labute approximate surface area is 135 Å². The van der Waals surface area contributed by atoms with E-state index in [1.165, 1.54) is 24.1 Å². The topological polar surface area (TPSA) is 58.6 Å². The van der Waals surface area contributed by atoms with Gasteiger partial charge in [-0.15, -0.1) is 0 Å². The predicted octanol–water partition coefficient (Wildman–Crippen LogP) is 1.83. The summed E-state index contributed by atoms with van der Waals surface area (Å²) in [5.41, 5.74) is -0.820. The van der Waals surface area contributed by atoms with Crippen LogP contribution in [0.4, 0.5) is 13.2 Å². The molecule has 0 saturated carbocycles. The van der Waals surface area contributed by atoms with Crippen LogP contribution in [0.1, 0.15) is 11.1 Å². The molecule has 1 aromatic rings. The maximum atomic E-state index is 12.8. The highest BCUT2D eigenvalue weighted by Crippen LogP contribution is 2.36. The van der Waals surface area contributed by atoms with Crippen LogP contribution < -0.4 is 5.32 Å². The van der Waals surface area contributed by atoms with Crippen molar-refractivity contribution in [3.05, 3.63) is 34.3 Å². The first kappa shape index (κ1) is 17.6. The summed E-state index contributed by atoms with van der Waals surface area (Å²) in [5, 5.41) is 2.02. The van der Waals surface area contributed by atoms with Gasteiger partial charge in [0.2, 0.25) is 11.8 Å². The number of hydrogen-bond donors (Lipinski definition) is 1. The molecule has 126 valence electrons. The summed E-state index contributed by atoms with van der Waals surface area (Å²) in [6.45, 7) is -0.246. The molecule has 0 aromatic heterocycles. The molecule has 2 amide bonds. The SMILES string of the molecule is CN1C(=O)COC[C@H]1C(=O)NCc1cccc(C(F)(F)F)c1Cl. The summed E-state index contributed by atoms with van der Waals surface area (Å²) in [4.78, 5) is 24.8. The van der Waals surface area contributed by atoms with Crippen LogP contribution in [0.3, 0.4) is 0 Å². The van der Waals surface area contributed by atoms with Crippen LogP contribution in [0.2, 0.25) is 5.02 Å². The number of carbonyl (C=O) groups is 2. The molecule has 1 atom stereocenters. The molecule has 1 fully saturated rings. The molecule has 1 aliphatic rings. The van der Waals surface area contributed by atoms with E-state index in [2.05, 4.69) is 5.32 Å². The van der Waals surface area contributed by atoms with Crippen molar-refractivity contribution < 1.29 is 27.5 Å². The summed E-state index contributed by atoms with van der Waals surface area (Å²) in [6.07, 6.45) is -4.57. The van der Waals surface area contributed by atoms with Gasteiger partial charge in [0.15, 0.2) is 0 Å². The van der Waals surface area contributed by atoms with Crippen molar-refractivity contribution >= 4 is 23.4 Å². The van der Waals surface area contributed by atoms with Crippen molar-refractivity contribution in [2.45, 2.75) is 18.8 Å². The first-order valence-corrected chi connectivity index (χ1v) is 7.05. The number of hydrogen-bond acceptors (Lipinski definition) is 3. The third kappa shape index (κ3) is 3.94.